The summed E-state index contributed by atoms with van der Waals surface area (Å²) in [6.07, 6.45) is 0. The van der Waals surface area contributed by atoms with Crippen molar-refractivity contribution in [2.24, 2.45) is 0 Å². The van der Waals surface area contributed by atoms with Gasteiger partial charge in [0.15, 0.2) is 6.61 Å². The van der Waals surface area contributed by atoms with Crippen LogP contribution in [0.25, 0.3) is 11.5 Å². The maximum absolute atomic E-state index is 5.73. The van der Waals surface area contributed by atoms with Crippen molar-refractivity contribution in [3.05, 3.63) is 54.4 Å². The van der Waals surface area contributed by atoms with E-state index in [1.54, 1.807) is 7.11 Å². The molecule has 0 spiro atoms. The maximum Gasteiger partial charge on any atom is 0.254 e. The summed E-state index contributed by atoms with van der Waals surface area (Å²) in [5.41, 5.74) is 1.90. The summed E-state index contributed by atoms with van der Waals surface area (Å²) in [5, 5.41) is 8.08. The van der Waals surface area contributed by atoms with E-state index in [0.29, 0.717) is 11.8 Å². The molecule has 0 bridgehead atoms. The number of aromatic nitrogens is 2. The molecule has 6 heteroatoms. The fourth-order valence-electron chi connectivity index (χ4n) is 2.16. The van der Waals surface area contributed by atoms with Gasteiger partial charge in [-0.3, -0.25) is 0 Å². The van der Waals surface area contributed by atoms with Crippen LogP contribution in [0.2, 0.25) is 0 Å². The third-order valence-electron chi connectivity index (χ3n) is 3.50. The number of hydrogen-bond donors (Lipinski definition) is 0. The molecule has 0 saturated carbocycles. The van der Waals surface area contributed by atoms with Gasteiger partial charge in [0.2, 0.25) is 5.89 Å². The van der Waals surface area contributed by atoms with E-state index < -0.39 is 0 Å². The van der Waals surface area contributed by atoms with Crippen LogP contribution in [0, 0.1) is 0 Å². The summed E-state index contributed by atoms with van der Waals surface area (Å²) >= 11 is 0. The van der Waals surface area contributed by atoms with Gasteiger partial charge >= 0.3 is 0 Å². The molecule has 0 aliphatic heterocycles. The van der Waals surface area contributed by atoms with Crippen molar-refractivity contribution in [2.45, 2.75) is 6.61 Å². The number of nitrogens with zero attached hydrogens (tertiary/aromatic N) is 3. The Morgan fingerprint density at radius 2 is 1.79 bits per heavy atom. The van der Waals surface area contributed by atoms with Crippen LogP contribution in [-0.2, 0) is 6.61 Å². The van der Waals surface area contributed by atoms with Crippen molar-refractivity contribution in [3.8, 4) is 23.0 Å². The van der Waals surface area contributed by atoms with Crippen LogP contribution in [0.15, 0.2) is 52.9 Å². The molecule has 2 aromatic carbocycles. The molecular weight excluding hydrogens is 306 g/mol. The lowest BCUT2D eigenvalue weighted by Gasteiger charge is -2.13. The van der Waals surface area contributed by atoms with Crippen molar-refractivity contribution in [2.75, 3.05) is 26.1 Å². The molecule has 0 aliphatic carbocycles. The van der Waals surface area contributed by atoms with E-state index in [1.165, 1.54) is 0 Å². The summed E-state index contributed by atoms with van der Waals surface area (Å²) in [7, 11) is 5.60. The molecule has 6 nitrogen and oxygen atoms in total. The van der Waals surface area contributed by atoms with Gasteiger partial charge in [0.1, 0.15) is 11.5 Å². The standard InChI is InChI=1S/C18H19N3O3/c1-21(2)14-5-4-6-16(11-14)23-12-17-19-20-18(24-17)13-7-9-15(22-3)10-8-13/h4-11H,12H2,1-3H3. The lowest BCUT2D eigenvalue weighted by atomic mass is 10.2. The minimum absolute atomic E-state index is 0.222. The highest BCUT2D eigenvalue weighted by Gasteiger charge is 2.09. The van der Waals surface area contributed by atoms with Gasteiger partial charge in [0, 0.05) is 31.4 Å². The third-order valence-corrected chi connectivity index (χ3v) is 3.50. The van der Waals surface area contributed by atoms with Gasteiger partial charge in [-0.1, -0.05) is 6.07 Å². The number of rotatable bonds is 6. The van der Waals surface area contributed by atoms with Gasteiger partial charge in [-0.25, -0.2) is 0 Å². The molecule has 124 valence electrons. The highest BCUT2D eigenvalue weighted by atomic mass is 16.5. The van der Waals surface area contributed by atoms with Gasteiger partial charge in [0.05, 0.1) is 7.11 Å². The lowest BCUT2D eigenvalue weighted by molar-refractivity contribution is 0.264. The van der Waals surface area contributed by atoms with E-state index >= 15 is 0 Å². The van der Waals surface area contributed by atoms with Gasteiger partial charge in [-0.2, -0.15) is 0 Å². The summed E-state index contributed by atoms with van der Waals surface area (Å²) in [5.74, 6) is 2.42. The van der Waals surface area contributed by atoms with Gasteiger partial charge in [-0.15, -0.1) is 10.2 Å². The summed E-state index contributed by atoms with van der Waals surface area (Å²) in [4.78, 5) is 2.02. The molecule has 0 fully saturated rings. The molecule has 3 rings (SSSR count). The summed E-state index contributed by atoms with van der Waals surface area (Å²) in [6, 6.07) is 15.3. The average Bonchev–Trinajstić information content (AvgIpc) is 3.09. The minimum atomic E-state index is 0.222. The Balaban J connectivity index is 1.66. The second-order valence-corrected chi connectivity index (χ2v) is 5.41. The van der Waals surface area contributed by atoms with Crippen molar-refractivity contribution in [1.29, 1.82) is 0 Å². The van der Waals surface area contributed by atoms with Crippen molar-refractivity contribution in [1.82, 2.24) is 10.2 Å². The van der Waals surface area contributed by atoms with E-state index in [2.05, 4.69) is 10.2 Å². The van der Waals surface area contributed by atoms with E-state index in [-0.39, 0.29) is 6.61 Å². The Morgan fingerprint density at radius 1 is 1.00 bits per heavy atom. The summed E-state index contributed by atoms with van der Waals surface area (Å²) in [6.45, 7) is 0.222. The predicted molar refractivity (Wildman–Crippen MR) is 91.4 cm³/mol. The molecule has 3 aromatic rings. The number of anilines is 1. The Hall–Kier alpha value is -3.02. The minimum Gasteiger partial charge on any atom is -0.497 e. The van der Waals surface area contributed by atoms with E-state index in [4.69, 9.17) is 13.9 Å². The van der Waals surface area contributed by atoms with Gasteiger partial charge < -0.3 is 18.8 Å². The van der Waals surface area contributed by atoms with Crippen LogP contribution < -0.4 is 14.4 Å². The lowest BCUT2D eigenvalue weighted by Crippen LogP contribution is -2.08. The molecule has 0 radical (unpaired) electrons. The Bertz CT molecular complexity index is 797. The fraction of sp³-hybridized carbons (Fsp3) is 0.222. The maximum atomic E-state index is 5.73. The Morgan fingerprint density at radius 3 is 2.50 bits per heavy atom. The zero-order valence-electron chi connectivity index (χ0n) is 13.9. The first-order chi connectivity index (χ1) is 11.7. The first-order valence-electron chi connectivity index (χ1n) is 7.52. The van der Waals surface area contributed by atoms with Crippen LogP contribution in [-0.4, -0.2) is 31.4 Å². The van der Waals surface area contributed by atoms with Crippen molar-refractivity contribution in [3.63, 3.8) is 0 Å². The first-order valence-corrected chi connectivity index (χ1v) is 7.52. The molecule has 0 unspecified atom stereocenters. The Labute approximate surface area is 140 Å². The van der Waals surface area contributed by atoms with Crippen molar-refractivity contribution >= 4 is 5.69 Å². The highest BCUT2D eigenvalue weighted by Crippen LogP contribution is 2.23. The van der Waals surface area contributed by atoms with Gasteiger partial charge in [-0.05, 0) is 36.4 Å². The topological polar surface area (TPSA) is 60.6 Å². The molecule has 0 amide bonds. The van der Waals surface area contributed by atoms with E-state index in [0.717, 1.165) is 22.7 Å². The first kappa shape index (κ1) is 15.9. The molecular formula is C18H19N3O3. The van der Waals surface area contributed by atoms with Crippen LogP contribution in [0.5, 0.6) is 11.5 Å². The third kappa shape index (κ3) is 3.65. The van der Waals surface area contributed by atoms with Crippen LogP contribution in [0.3, 0.4) is 0 Å². The predicted octanol–water partition coefficient (Wildman–Crippen LogP) is 3.39. The number of hydrogen-bond acceptors (Lipinski definition) is 6. The van der Waals surface area contributed by atoms with Crippen LogP contribution in [0.4, 0.5) is 5.69 Å². The molecule has 0 N–H and O–H groups in total. The fourth-order valence-corrected chi connectivity index (χ4v) is 2.16. The number of benzene rings is 2. The SMILES string of the molecule is COc1ccc(-c2nnc(COc3cccc(N(C)C)c3)o2)cc1. The van der Waals surface area contributed by atoms with Crippen molar-refractivity contribution < 1.29 is 13.9 Å². The second kappa shape index (κ2) is 7.04. The number of ether oxygens (including phenoxy) is 2. The van der Waals surface area contributed by atoms with Gasteiger partial charge in [0.25, 0.3) is 5.89 Å². The molecule has 1 aromatic heterocycles. The monoisotopic (exact) mass is 325 g/mol. The van der Waals surface area contributed by atoms with Crippen LogP contribution >= 0.6 is 0 Å². The van der Waals surface area contributed by atoms with E-state index in [1.807, 2.05) is 67.5 Å². The molecule has 24 heavy (non-hydrogen) atoms. The summed E-state index contributed by atoms with van der Waals surface area (Å²) < 4.78 is 16.5. The zero-order chi connectivity index (χ0) is 16.9. The zero-order valence-corrected chi connectivity index (χ0v) is 13.9. The smallest absolute Gasteiger partial charge is 0.254 e. The molecule has 1 heterocycles. The van der Waals surface area contributed by atoms with E-state index in [9.17, 15) is 0 Å². The number of methoxy groups -OCH3 is 1. The quantitative estimate of drug-likeness (QED) is 0.692. The molecule has 0 aliphatic rings. The average molecular weight is 325 g/mol. The highest BCUT2D eigenvalue weighted by molar-refractivity contribution is 5.54. The largest absolute Gasteiger partial charge is 0.497 e. The second-order valence-electron chi connectivity index (χ2n) is 5.41. The molecule has 0 saturated heterocycles. The molecule has 0 atom stereocenters. The Kier molecular flexibility index (Phi) is 4.65. The normalized spacial score (nSPS) is 10.5. The van der Waals surface area contributed by atoms with Crippen LogP contribution in [0.1, 0.15) is 5.89 Å².